The number of fused-ring (bicyclic) bond motifs is 1. The highest BCUT2D eigenvalue weighted by Crippen LogP contribution is 2.33. The fourth-order valence-corrected chi connectivity index (χ4v) is 4.46. The Morgan fingerprint density at radius 1 is 0.974 bits per heavy atom. The molecule has 1 amide bonds. The number of hydrogen-bond donors (Lipinski definition) is 0. The van der Waals surface area contributed by atoms with Gasteiger partial charge in [-0.3, -0.25) is 4.79 Å². The zero-order valence-electron chi connectivity index (χ0n) is 21.4. The first-order valence-electron chi connectivity index (χ1n) is 12.0. The van der Waals surface area contributed by atoms with E-state index in [2.05, 4.69) is 32.0 Å². The first kappa shape index (κ1) is 25.9. The van der Waals surface area contributed by atoms with Gasteiger partial charge in [0.1, 0.15) is 17.3 Å². The number of ether oxygens (including phenoxy) is 2. The summed E-state index contributed by atoms with van der Waals surface area (Å²) in [4.78, 5) is 27.9. The van der Waals surface area contributed by atoms with E-state index >= 15 is 0 Å². The van der Waals surface area contributed by atoms with Gasteiger partial charge in [-0.25, -0.2) is 4.98 Å². The SMILES string of the molecule is Cc1nc2c(Oc3cc(Br)cc(C#N)c3)nc(Oc3cccc(C(=O)N(C)C)c3)nc2n1Cc1ccccc1. The first-order valence-corrected chi connectivity index (χ1v) is 12.8. The molecule has 0 fully saturated rings. The maximum Gasteiger partial charge on any atom is 0.327 e. The molecule has 0 spiro atoms. The smallest absolute Gasteiger partial charge is 0.327 e. The van der Waals surface area contributed by atoms with E-state index in [-0.39, 0.29) is 17.8 Å². The zero-order chi connectivity index (χ0) is 27.5. The maximum absolute atomic E-state index is 12.5. The number of carbonyl (C=O) groups excluding carboxylic acids is 1. The fourth-order valence-electron chi connectivity index (χ4n) is 3.99. The predicted octanol–water partition coefficient (Wildman–Crippen LogP) is 6.10. The van der Waals surface area contributed by atoms with Crippen molar-refractivity contribution in [2.75, 3.05) is 14.1 Å². The Morgan fingerprint density at radius 3 is 2.51 bits per heavy atom. The maximum atomic E-state index is 12.5. The van der Waals surface area contributed by atoms with Gasteiger partial charge in [0.15, 0.2) is 11.2 Å². The van der Waals surface area contributed by atoms with Crippen LogP contribution in [-0.2, 0) is 6.54 Å². The second-order valence-electron chi connectivity index (χ2n) is 8.93. The molecule has 9 nitrogen and oxygen atoms in total. The van der Waals surface area contributed by atoms with Gasteiger partial charge in [0.05, 0.1) is 18.2 Å². The van der Waals surface area contributed by atoms with Crippen molar-refractivity contribution in [3.8, 4) is 29.5 Å². The number of aromatic nitrogens is 4. The summed E-state index contributed by atoms with van der Waals surface area (Å²) in [5.74, 6) is 1.54. The lowest BCUT2D eigenvalue weighted by atomic mass is 10.2. The van der Waals surface area contributed by atoms with Gasteiger partial charge in [0, 0.05) is 24.1 Å². The number of carbonyl (C=O) groups is 1. The molecular formula is C29H23BrN6O3. The minimum atomic E-state index is -0.152. The highest BCUT2D eigenvalue weighted by Gasteiger charge is 2.20. The summed E-state index contributed by atoms with van der Waals surface area (Å²) in [5.41, 5.74) is 2.94. The quantitative estimate of drug-likeness (QED) is 0.228. The fraction of sp³-hybridized carbons (Fsp3) is 0.138. The Labute approximate surface area is 233 Å². The van der Waals surface area contributed by atoms with E-state index < -0.39 is 0 Å². The average Bonchev–Trinajstić information content (AvgIpc) is 3.23. The van der Waals surface area contributed by atoms with E-state index in [1.807, 2.05) is 41.8 Å². The number of halogens is 1. The lowest BCUT2D eigenvalue weighted by Crippen LogP contribution is -2.21. The molecule has 3 aromatic carbocycles. The third-order valence-corrected chi connectivity index (χ3v) is 6.29. The van der Waals surface area contributed by atoms with Crippen molar-refractivity contribution in [1.29, 1.82) is 5.26 Å². The Hall–Kier alpha value is -4.75. The van der Waals surface area contributed by atoms with Crippen molar-refractivity contribution in [2.45, 2.75) is 13.5 Å². The molecule has 0 saturated carbocycles. The molecule has 2 aromatic heterocycles. The Balaban J connectivity index is 1.61. The molecule has 0 unspecified atom stereocenters. The third-order valence-electron chi connectivity index (χ3n) is 5.83. The van der Waals surface area contributed by atoms with E-state index in [1.165, 1.54) is 4.90 Å². The molecule has 0 radical (unpaired) electrons. The van der Waals surface area contributed by atoms with Crippen molar-refractivity contribution in [1.82, 2.24) is 24.4 Å². The first-order chi connectivity index (χ1) is 18.8. The second kappa shape index (κ2) is 10.9. The van der Waals surface area contributed by atoms with Crippen molar-refractivity contribution < 1.29 is 14.3 Å². The van der Waals surface area contributed by atoms with Crippen LogP contribution in [-0.4, -0.2) is 44.4 Å². The van der Waals surface area contributed by atoms with E-state index in [0.717, 1.165) is 11.4 Å². The van der Waals surface area contributed by atoms with Crippen molar-refractivity contribution in [2.24, 2.45) is 0 Å². The molecule has 0 aliphatic carbocycles. The second-order valence-corrected chi connectivity index (χ2v) is 9.85. The molecule has 194 valence electrons. The predicted molar refractivity (Wildman–Crippen MR) is 149 cm³/mol. The molecule has 10 heteroatoms. The number of hydrogen-bond acceptors (Lipinski definition) is 7. The molecule has 5 aromatic rings. The highest BCUT2D eigenvalue weighted by atomic mass is 79.9. The number of aryl methyl sites for hydroxylation is 1. The van der Waals surface area contributed by atoms with Gasteiger partial charge in [0.25, 0.3) is 11.8 Å². The lowest BCUT2D eigenvalue weighted by Gasteiger charge is -2.12. The molecule has 0 atom stereocenters. The van der Waals surface area contributed by atoms with Crippen LogP contribution in [0.3, 0.4) is 0 Å². The van der Waals surface area contributed by atoms with Gasteiger partial charge in [-0.15, -0.1) is 0 Å². The van der Waals surface area contributed by atoms with Gasteiger partial charge >= 0.3 is 6.01 Å². The number of benzene rings is 3. The van der Waals surface area contributed by atoms with Gasteiger partial charge in [-0.2, -0.15) is 15.2 Å². The van der Waals surface area contributed by atoms with Crippen LogP contribution < -0.4 is 9.47 Å². The van der Waals surface area contributed by atoms with Gasteiger partial charge in [0.2, 0.25) is 0 Å². The van der Waals surface area contributed by atoms with E-state index in [4.69, 9.17) is 14.5 Å². The van der Waals surface area contributed by atoms with Crippen LogP contribution in [0, 0.1) is 18.3 Å². The molecule has 5 rings (SSSR count). The number of nitriles is 1. The third kappa shape index (κ3) is 5.73. The summed E-state index contributed by atoms with van der Waals surface area (Å²) < 4.78 is 14.8. The average molecular weight is 583 g/mol. The standard InChI is InChI=1S/C29H23BrN6O3/c1-18-32-25-26(36(18)17-19-8-5-4-6-9-19)33-29(39-23-11-7-10-21(14-23)28(37)35(2)3)34-27(25)38-24-13-20(16-31)12-22(30)15-24/h4-15H,17H2,1-3H3. The molecular weight excluding hydrogens is 560 g/mol. The summed E-state index contributed by atoms with van der Waals surface area (Å²) in [6.07, 6.45) is 0. The van der Waals surface area contributed by atoms with Crippen molar-refractivity contribution in [3.05, 3.63) is 99.8 Å². The molecule has 0 N–H and O–H groups in total. The van der Waals surface area contributed by atoms with E-state index in [1.54, 1.807) is 56.6 Å². The van der Waals surface area contributed by atoms with Crippen LogP contribution in [0.4, 0.5) is 0 Å². The minimum absolute atomic E-state index is 0.0247. The van der Waals surface area contributed by atoms with Crippen LogP contribution in [0.1, 0.15) is 27.3 Å². The minimum Gasteiger partial charge on any atom is -0.437 e. The summed E-state index contributed by atoms with van der Waals surface area (Å²) in [6, 6.07) is 24.0. The monoisotopic (exact) mass is 582 g/mol. The number of amides is 1. The summed E-state index contributed by atoms with van der Waals surface area (Å²) in [6.45, 7) is 2.42. The molecule has 2 heterocycles. The zero-order valence-corrected chi connectivity index (χ0v) is 23.0. The molecule has 0 saturated heterocycles. The van der Waals surface area contributed by atoms with Crippen LogP contribution >= 0.6 is 15.9 Å². The van der Waals surface area contributed by atoms with Gasteiger partial charge < -0.3 is 18.9 Å². The molecule has 0 bridgehead atoms. The van der Waals surface area contributed by atoms with Gasteiger partial charge in [-0.05, 0) is 48.9 Å². The van der Waals surface area contributed by atoms with Crippen molar-refractivity contribution >= 4 is 33.0 Å². The largest absolute Gasteiger partial charge is 0.437 e. The Morgan fingerprint density at radius 2 is 1.77 bits per heavy atom. The normalized spacial score (nSPS) is 10.7. The number of imidazole rings is 1. The lowest BCUT2D eigenvalue weighted by molar-refractivity contribution is 0.0827. The van der Waals surface area contributed by atoms with Gasteiger partial charge in [-0.1, -0.05) is 52.3 Å². The highest BCUT2D eigenvalue weighted by molar-refractivity contribution is 9.10. The number of rotatable bonds is 7. The Bertz CT molecular complexity index is 1730. The molecule has 0 aliphatic heterocycles. The summed E-state index contributed by atoms with van der Waals surface area (Å²) >= 11 is 3.42. The molecule has 39 heavy (non-hydrogen) atoms. The van der Waals surface area contributed by atoms with E-state index in [0.29, 0.717) is 44.8 Å². The van der Waals surface area contributed by atoms with Crippen LogP contribution in [0.5, 0.6) is 23.4 Å². The topological polar surface area (TPSA) is 106 Å². The summed E-state index contributed by atoms with van der Waals surface area (Å²) in [7, 11) is 3.37. The van der Waals surface area contributed by atoms with Crippen LogP contribution in [0.25, 0.3) is 11.2 Å². The molecule has 0 aliphatic rings. The van der Waals surface area contributed by atoms with Crippen LogP contribution in [0.2, 0.25) is 0 Å². The van der Waals surface area contributed by atoms with E-state index in [9.17, 15) is 10.1 Å². The van der Waals surface area contributed by atoms with Crippen molar-refractivity contribution in [3.63, 3.8) is 0 Å². The van der Waals surface area contributed by atoms with Crippen LogP contribution in [0.15, 0.2) is 77.3 Å². The Kier molecular flexibility index (Phi) is 7.25. The number of nitrogens with zero attached hydrogens (tertiary/aromatic N) is 6. The summed E-state index contributed by atoms with van der Waals surface area (Å²) in [5, 5.41) is 9.39.